The average Bonchev–Trinajstić information content (AvgIpc) is 3.53. The maximum Gasteiger partial charge on any atom is 0.227 e. The maximum absolute atomic E-state index is 12.8. The largest absolute Gasteiger partial charge is 0.493 e. The molecule has 27 heavy (non-hydrogen) atoms. The highest BCUT2D eigenvalue weighted by Gasteiger charge is 2.32. The van der Waals surface area contributed by atoms with Crippen LogP contribution in [0.15, 0.2) is 42.5 Å². The van der Waals surface area contributed by atoms with Crippen LogP contribution in [0.3, 0.4) is 0 Å². The lowest BCUT2D eigenvalue weighted by Crippen LogP contribution is -2.36. The third kappa shape index (κ3) is 4.73. The van der Waals surface area contributed by atoms with Gasteiger partial charge in [-0.05, 0) is 42.5 Å². The number of hydrogen-bond donors (Lipinski definition) is 0. The van der Waals surface area contributed by atoms with Gasteiger partial charge in [-0.15, -0.1) is 0 Å². The number of carbonyl (C=O) groups excluding carboxylic acids is 1. The van der Waals surface area contributed by atoms with E-state index >= 15 is 0 Å². The highest BCUT2D eigenvalue weighted by molar-refractivity contribution is 5.79. The molecule has 0 heterocycles. The molecular weight excluding hydrogens is 342 g/mol. The topological polar surface area (TPSA) is 48.0 Å². The number of methoxy groups -OCH3 is 3. The molecule has 144 valence electrons. The summed E-state index contributed by atoms with van der Waals surface area (Å²) in [5, 5.41) is 0. The fourth-order valence-corrected chi connectivity index (χ4v) is 3.30. The second kappa shape index (κ2) is 8.80. The molecule has 5 nitrogen and oxygen atoms in total. The van der Waals surface area contributed by atoms with Gasteiger partial charge in [-0.3, -0.25) is 4.79 Å². The Hall–Kier alpha value is -2.69. The molecule has 0 aliphatic heterocycles. The zero-order valence-electron chi connectivity index (χ0n) is 16.2. The summed E-state index contributed by atoms with van der Waals surface area (Å²) >= 11 is 0. The molecule has 1 amide bonds. The van der Waals surface area contributed by atoms with E-state index < -0.39 is 0 Å². The molecule has 0 N–H and O–H groups in total. The van der Waals surface area contributed by atoms with Crippen LogP contribution in [0.5, 0.6) is 17.2 Å². The van der Waals surface area contributed by atoms with Gasteiger partial charge in [0.05, 0.1) is 27.8 Å². The summed E-state index contributed by atoms with van der Waals surface area (Å²) in [4.78, 5) is 14.8. The monoisotopic (exact) mass is 369 g/mol. The predicted molar refractivity (Wildman–Crippen MR) is 105 cm³/mol. The van der Waals surface area contributed by atoms with Gasteiger partial charge in [0, 0.05) is 12.6 Å². The first-order valence-corrected chi connectivity index (χ1v) is 9.28. The molecule has 0 spiro atoms. The van der Waals surface area contributed by atoms with Gasteiger partial charge in [-0.1, -0.05) is 30.3 Å². The molecule has 1 aliphatic rings. The van der Waals surface area contributed by atoms with E-state index in [1.807, 2.05) is 47.4 Å². The summed E-state index contributed by atoms with van der Waals surface area (Å²) in [5.74, 6) is 2.06. The third-order valence-electron chi connectivity index (χ3n) is 4.87. The first-order valence-electron chi connectivity index (χ1n) is 9.28. The highest BCUT2D eigenvalue weighted by atomic mass is 16.5. The summed E-state index contributed by atoms with van der Waals surface area (Å²) < 4.78 is 16.2. The van der Waals surface area contributed by atoms with E-state index in [1.54, 1.807) is 21.3 Å². The minimum atomic E-state index is 0.191. The average molecular weight is 369 g/mol. The second-order valence-corrected chi connectivity index (χ2v) is 6.76. The van der Waals surface area contributed by atoms with Crippen molar-refractivity contribution in [3.8, 4) is 17.2 Å². The van der Waals surface area contributed by atoms with Crippen LogP contribution in [0.1, 0.15) is 24.0 Å². The Labute approximate surface area is 160 Å². The fraction of sp³-hybridized carbons (Fsp3) is 0.409. The predicted octanol–water partition coefficient (Wildman–Crippen LogP) is 3.49. The van der Waals surface area contributed by atoms with Gasteiger partial charge in [-0.2, -0.15) is 0 Å². The molecule has 0 bridgehead atoms. The molecule has 2 aromatic rings. The Morgan fingerprint density at radius 1 is 0.963 bits per heavy atom. The molecule has 1 aliphatic carbocycles. The van der Waals surface area contributed by atoms with Gasteiger partial charge in [0.1, 0.15) is 0 Å². The van der Waals surface area contributed by atoms with Crippen LogP contribution in [0.2, 0.25) is 0 Å². The number of carbonyl (C=O) groups is 1. The quantitative estimate of drug-likeness (QED) is 0.679. The SMILES string of the molecule is COc1cc(CCN(C(=O)Cc2ccccc2)C2CC2)cc(OC)c1OC. The molecule has 0 atom stereocenters. The van der Waals surface area contributed by atoms with Gasteiger partial charge in [0.25, 0.3) is 0 Å². The number of rotatable bonds is 9. The number of amides is 1. The Morgan fingerprint density at radius 3 is 2.11 bits per heavy atom. The Balaban J connectivity index is 1.70. The first kappa shape index (κ1) is 19.1. The summed E-state index contributed by atoms with van der Waals surface area (Å²) in [5.41, 5.74) is 2.11. The molecule has 3 rings (SSSR count). The van der Waals surface area contributed by atoms with Crippen molar-refractivity contribution in [2.45, 2.75) is 31.7 Å². The van der Waals surface area contributed by atoms with Gasteiger partial charge in [0.2, 0.25) is 11.7 Å². The summed E-state index contributed by atoms with van der Waals surface area (Å²) in [6.07, 6.45) is 3.38. The van der Waals surface area contributed by atoms with Crippen molar-refractivity contribution in [2.24, 2.45) is 0 Å². The standard InChI is InChI=1S/C22H27NO4/c1-25-19-13-17(14-20(26-2)22(19)27-3)11-12-23(18-9-10-18)21(24)15-16-7-5-4-6-8-16/h4-8,13-14,18H,9-12,15H2,1-3H3. The lowest BCUT2D eigenvalue weighted by atomic mass is 10.1. The second-order valence-electron chi connectivity index (χ2n) is 6.76. The Kier molecular flexibility index (Phi) is 6.22. The molecule has 1 fully saturated rings. The lowest BCUT2D eigenvalue weighted by molar-refractivity contribution is -0.131. The first-order chi connectivity index (χ1) is 13.2. The van der Waals surface area contributed by atoms with E-state index in [0.717, 1.165) is 30.4 Å². The summed E-state index contributed by atoms with van der Waals surface area (Å²) in [6, 6.07) is 14.2. The molecular formula is C22H27NO4. The third-order valence-corrected chi connectivity index (χ3v) is 4.87. The van der Waals surface area contributed by atoms with E-state index in [4.69, 9.17) is 14.2 Å². The number of benzene rings is 2. The van der Waals surface area contributed by atoms with Crippen LogP contribution in [0, 0.1) is 0 Å². The molecule has 0 unspecified atom stereocenters. The maximum atomic E-state index is 12.8. The van der Waals surface area contributed by atoms with Gasteiger partial charge in [-0.25, -0.2) is 0 Å². The lowest BCUT2D eigenvalue weighted by Gasteiger charge is -2.23. The molecule has 5 heteroatoms. The van der Waals surface area contributed by atoms with Crippen molar-refractivity contribution in [2.75, 3.05) is 27.9 Å². The Morgan fingerprint density at radius 2 is 1.59 bits per heavy atom. The summed E-state index contributed by atoms with van der Waals surface area (Å²) in [6.45, 7) is 0.689. The van der Waals surface area contributed by atoms with E-state index in [1.165, 1.54) is 0 Å². The van der Waals surface area contributed by atoms with E-state index in [9.17, 15) is 4.79 Å². The fourth-order valence-electron chi connectivity index (χ4n) is 3.30. The van der Waals surface area contributed by atoms with Crippen LogP contribution in [0.4, 0.5) is 0 Å². The van der Waals surface area contributed by atoms with Gasteiger partial charge < -0.3 is 19.1 Å². The molecule has 0 radical (unpaired) electrons. The van der Waals surface area contributed by atoms with Crippen LogP contribution in [0.25, 0.3) is 0 Å². The number of hydrogen-bond acceptors (Lipinski definition) is 4. The van der Waals surface area contributed by atoms with Gasteiger partial charge >= 0.3 is 0 Å². The number of nitrogens with zero attached hydrogens (tertiary/aromatic N) is 1. The van der Waals surface area contributed by atoms with E-state index in [-0.39, 0.29) is 5.91 Å². The van der Waals surface area contributed by atoms with E-state index in [2.05, 4.69) is 0 Å². The van der Waals surface area contributed by atoms with Crippen LogP contribution in [-0.4, -0.2) is 44.7 Å². The van der Waals surface area contributed by atoms with Crippen molar-refractivity contribution in [1.29, 1.82) is 0 Å². The van der Waals surface area contributed by atoms with Crippen LogP contribution < -0.4 is 14.2 Å². The van der Waals surface area contributed by atoms with Crippen molar-refractivity contribution in [3.05, 3.63) is 53.6 Å². The van der Waals surface area contributed by atoms with Crippen molar-refractivity contribution in [3.63, 3.8) is 0 Å². The smallest absolute Gasteiger partial charge is 0.227 e. The Bertz CT molecular complexity index is 746. The molecule has 0 saturated heterocycles. The molecule has 0 aromatic heterocycles. The minimum Gasteiger partial charge on any atom is -0.493 e. The van der Waals surface area contributed by atoms with E-state index in [0.29, 0.717) is 36.3 Å². The zero-order valence-corrected chi connectivity index (χ0v) is 16.2. The molecule has 2 aromatic carbocycles. The number of ether oxygens (including phenoxy) is 3. The summed E-state index contributed by atoms with van der Waals surface area (Å²) in [7, 11) is 4.82. The minimum absolute atomic E-state index is 0.191. The van der Waals surface area contributed by atoms with Crippen LogP contribution in [-0.2, 0) is 17.6 Å². The van der Waals surface area contributed by atoms with Crippen molar-refractivity contribution >= 4 is 5.91 Å². The van der Waals surface area contributed by atoms with Crippen molar-refractivity contribution in [1.82, 2.24) is 4.90 Å². The normalized spacial score (nSPS) is 13.1. The van der Waals surface area contributed by atoms with Crippen LogP contribution >= 0.6 is 0 Å². The van der Waals surface area contributed by atoms with Gasteiger partial charge in [0.15, 0.2) is 11.5 Å². The zero-order chi connectivity index (χ0) is 19.2. The molecule has 1 saturated carbocycles. The highest BCUT2D eigenvalue weighted by Crippen LogP contribution is 2.38. The van der Waals surface area contributed by atoms with Crippen molar-refractivity contribution < 1.29 is 19.0 Å².